The molecule has 0 aliphatic rings. The molecule has 0 aliphatic carbocycles. The predicted molar refractivity (Wildman–Crippen MR) is 112 cm³/mol. The third-order valence-corrected chi connectivity index (χ3v) is 4.12. The molecule has 2 aromatic heterocycles. The molecular formula is C21H24ClN5O3. The lowest BCUT2D eigenvalue weighted by Gasteiger charge is -2.20. The maximum Gasteiger partial charge on any atom is 0.306 e. The summed E-state index contributed by atoms with van der Waals surface area (Å²) in [6.07, 6.45) is 1.82. The molecule has 3 aromatic rings. The Morgan fingerprint density at radius 1 is 1.17 bits per heavy atom. The lowest BCUT2D eigenvalue weighted by molar-refractivity contribution is -0.155. The molecule has 0 N–H and O–H groups in total. The van der Waals surface area contributed by atoms with Crippen LogP contribution in [0.5, 0.6) is 11.6 Å². The van der Waals surface area contributed by atoms with Crippen molar-refractivity contribution in [2.45, 2.75) is 46.3 Å². The van der Waals surface area contributed by atoms with Crippen molar-refractivity contribution < 1.29 is 14.3 Å². The summed E-state index contributed by atoms with van der Waals surface area (Å²) in [5, 5.41) is 13.1. The first kappa shape index (κ1) is 21.7. The maximum absolute atomic E-state index is 12.0. The average Bonchev–Trinajstić information content (AvgIpc) is 3.11. The molecule has 30 heavy (non-hydrogen) atoms. The van der Waals surface area contributed by atoms with E-state index in [9.17, 15) is 4.79 Å². The van der Waals surface area contributed by atoms with E-state index in [1.165, 1.54) is 11.0 Å². The predicted octanol–water partition coefficient (Wildman–Crippen LogP) is 4.55. The molecule has 0 spiro atoms. The van der Waals surface area contributed by atoms with Crippen LogP contribution in [0.4, 0.5) is 0 Å². The first-order chi connectivity index (χ1) is 14.2. The minimum Gasteiger partial charge on any atom is -0.460 e. The highest BCUT2D eigenvalue weighted by Crippen LogP contribution is 2.23. The van der Waals surface area contributed by atoms with Crippen LogP contribution in [0.2, 0.25) is 5.02 Å². The molecule has 9 heteroatoms. The van der Waals surface area contributed by atoms with Gasteiger partial charge in [-0.15, -0.1) is 10.2 Å². The molecular weight excluding hydrogens is 406 g/mol. The van der Waals surface area contributed by atoms with E-state index in [0.717, 1.165) is 5.56 Å². The van der Waals surface area contributed by atoms with Crippen LogP contribution in [0.25, 0.3) is 11.4 Å². The molecule has 0 amide bonds. The van der Waals surface area contributed by atoms with Crippen molar-refractivity contribution in [3.8, 4) is 23.0 Å². The number of rotatable bonds is 7. The number of tetrazole rings is 1. The van der Waals surface area contributed by atoms with Gasteiger partial charge in [0.15, 0.2) is 0 Å². The van der Waals surface area contributed by atoms with Crippen LogP contribution in [0, 0.1) is 5.92 Å². The van der Waals surface area contributed by atoms with Crippen molar-refractivity contribution in [2.75, 3.05) is 0 Å². The number of aromatic nitrogens is 5. The molecule has 0 fully saturated rings. The summed E-state index contributed by atoms with van der Waals surface area (Å²) in [7, 11) is 0. The van der Waals surface area contributed by atoms with Crippen LogP contribution in [0.15, 0.2) is 42.6 Å². The van der Waals surface area contributed by atoms with Crippen molar-refractivity contribution in [3.05, 3.63) is 47.6 Å². The van der Waals surface area contributed by atoms with Crippen molar-refractivity contribution >= 4 is 17.6 Å². The first-order valence-electron chi connectivity index (χ1n) is 9.57. The van der Waals surface area contributed by atoms with E-state index in [2.05, 4.69) is 20.4 Å². The smallest absolute Gasteiger partial charge is 0.306 e. The van der Waals surface area contributed by atoms with Gasteiger partial charge in [-0.1, -0.05) is 18.5 Å². The van der Waals surface area contributed by atoms with Gasteiger partial charge in [0.25, 0.3) is 0 Å². The Bertz CT molecular complexity index is 981. The van der Waals surface area contributed by atoms with Crippen LogP contribution in [-0.4, -0.2) is 36.8 Å². The van der Waals surface area contributed by atoms with E-state index in [4.69, 9.17) is 21.1 Å². The number of benzene rings is 1. The topological polar surface area (TPSA) is 92.0 Å². The monoisotopic (exact) mass is 429 g/mol. The second-order valence-corrected chi connectivity index (χ2v) is 8.44. The summed E-state index contributed by atoms with van der Waals surface area (Å²) in [4.78, 5) is 17.5. The zero-order valence-electron chi connectivity index (χ0n) is 17.4. The summed E-state index contributed by atoms with van der Waals surface area (Å²) in [6.45, 7) is 7.97. The molecule has 0 bridgehead atoms. The quantitative estimate of drug-likeness (QED) is 0.508. The normalized spacial score (nSPS) is 12.4. The second kappa shape index (κ2) is 9.21. The number of carbonyl (C=O) groups is 1. The van der Waals surface area contributed by atoms with Gasteiger partial charge >= 0.3 is 5.97 Å². The van der Waals surface area contributed by atoms with Crippen molar-refractivity contribution in [2.24, 2.45) is 5.92 Å². The average molecular weight is 430 g/mol. The molecule has 0 unspecified atom stereocenters. The number of esters is 1. The number of halogens is 1. The number of nitrogens with zero attached hydrogens (tertiary/aromatic N) is 5. The van der Waals surface area contributed by atoms with Crippen LogP contribution < -0.4 is 4.74 Å². The van der Waals surface area contributed by atoms with Crippen LogP contribution >= 0.6 is 11.6 Å². The molecule has 1 aromatic carbocycles. The standard InChI is InChI=1S/C21H24ClN5O3/c1-14(11-19(28)30-21(2,3)4)13-27-25-20(24-26-27)15-5-8-17(9-6-15)29-18-10-7-16(22)12-23-18/h5-10,12,14H,11,13H2,1-4H3/t14-/m1/s1. The Morgan fingerprint density at radius 3 is 2.53 bits per heavy atom. The first-order valence-corrected chi connectivity index (χ1v) is 9.95. The molecule has 8 nitrogen and oxygen atoms in total. The van der Waals surface area contributed by atoms with Gasteiger partial charge in [-0.2, -0.15) is 4.80 Å². The molecule has 1 atom stereocenters. The Balaban J connectivity index is 1.57. The number of ether oxygens (including phenoxy) is 2. The van der Waals surface area contributed by atoms with E-state index in [0.29, 0.717) is 35.4 Å². The van der Waals surface area contributed by atoms with E-state index in [1.54, 1.807) is 24.3 Å². The molecule has 3 rings (SSSR count). The Kier molecular flexibility index (Phi) is 6.66. The molecule has 0 saturated heterocycles. The van der Waals surface area contributed by atoms with Gasteiger partial charge in [0.1, 0.15) is 11.4 Å². The number of pyridine rings is 1. The van der Waals surface area contributed by atoms with Crippen molar-refractivity contribution in [1.29, 1.82) is 0 Å². The Hall–Kier alpha value is -3.00. The third kappa shape index (κ3) is 6.52. The summed E-state index contributed by atoms with van der Waals surface area (Å²) >= 11 is 5.82. The van der Waals surface area contributed by atoms with Crippen molar-refractivity contribution in [1.82, 2.24) is 25.2 Å². The van der Waals surface area contributed by atoms with Crippen LogP contribution in [0.1, 0.15) is 34.1 Å². The molecule has 0 aliphatic heterocycles. The van der Waals surface area contributed by atoms with Gasteiger partial charge < -0.3 is 9.47 Å². The minimum absolute atomic E-state index is 0.0181. The number of hydrogen-bond acceptors (Lipinski definition) is 7. The van der Waals surface area contributed by atoms with Gasteiger partial charge in [-0.3, -0.25) is 4.79 Å². The fourth-order valence-corrected chi connectivity index (χ4v) is 2.77. The summed E-state index contributed by atoms with van der Waals surface area (Å²) < 4.78 is 11.0. The molecule has 2 heterocycles. The van der Waals surface area contributed by atoms with Gasteiger partial charge in [-0.25, -0.2) is 4.98 Å². The summed E-state index contributed by atoms with van der Waals surface area (Å²) in [5.74, 6) is 1.36. The lowest BCUT2D eigenvalue weighted by atomic mass is 10.1. The van der Waals surface area contributed by atoms with E-state index in [1.807, 2.05) is 39.8 Å². The van der Waals surface area contributed by atoms with Crippen LogP contribution in [-0.2, 0) is 16.1 Å². The molecule has 0 saturated carbocycles. The third-order valence-electron chi connectivity index (χ3n) is 3.90. The fourth-order valence-electron chi connectivity index (χ4n) is 2.66. The maximum atomic E-state index is 12.0. The zero-order valence-corrected chi connectivity index (χ0v) is 18.1. The van der Waals surface area contributed by atoms with E-state index in [-0.39, 0.29) is 11.9 Å². The fraction of sp³-hybridized carbons (Fsp3) is 0.381. The SMILES string of the molecule is C[C@H](CC(=O)OC(C)(C)C)Cn1nnc(-c2ccc(Oc3ccc(Cl)cn3)cc2)n1. The zero-order chi connectivity index (χ0) is 21.7. The molecule has 0 radical (unpaired) electrons. The molecule has 158 valence electrons. The van der Waals surface area contributed by atoms with Gasteiger partial charge in [-0.05, 0) is 62.2 Å². The highest BCUT2D eigenvalue weighted by atomic mass is 35.5. The second-order valence-electron chi connectivity index (χ2n) is 8.00. The Morgan fingerprint density at radius 2 is 1.90 bits per heavy atom. The van der Waals surface area contributed by atoms with Crippen LogP contribution in [0.3, 0.4) is 0 Å². The van der Waals surface area contributed by atoms with Gasteiger partial charge in [0.05, 0.1) is 11.6 Å². The van der Waals surface area contributed by atoms with E-state index < -0.39 is 5.60 Å². The van der Waals surface area contributed by atoms with E-state index >= 15 is 0 Å². The minimum atomic E-state index is -0.491. The number of hydrogen-bond donors (Lipinski definition) is 0. The lowest BCUT2D eigenvalue weighted by Crippen LogP contribution is -2.25. The largest absolute Gasteiger partial charge is 0.460 e. The Labute approximate surface area is 180 Å². The van der Waals surface area contributed by atoms with Gasteiger partial charge in [0, 0.05) is 24.2 Å². The summed E-state index contributed by atoms with van der Waals surface area (Å²) in [5.41, 5.74) is 0.312. The summed E-state index contributed by atoms with van der Waals surface area (Å²) in [6, 6.07) is 10.7. The van der Waals surface area contributed by atoms with Crippen molar-refractivity contribution in [3.63, 3.8) is 0 Å². The highest BCUT2D eigenvalue weighted by molar-refractivity contribution is 6.30. The number of carbonyl (C=O) groups excluding carboxylic acids is 1. The highest BCUT2D eigenvalue weighted by Gasteiger charge is 2.19. The van der Waals surface area contributed by atoms with Gasteiger partial charge in [0.2, 0.25) is 11.7 Å².